The zero-order chi connectivity index (χ0) is 15.6. The van der Waals surface area contributed by atoms with Crippen molar-refractivity contribution in [1.29, 1.82) is 0 Å². The van der Waals surface area contributed by atoms with Crippen LogP contribution in [0.3, 0.4) is 0 Å². The van der Waals surface area contributed by atoms with E-state index in [4.69, 9.17) is 4.74 Å². The number of anilines is 1. The molecule has 1 saturated heterocycles. The first kappa shape index (κ1) is 15.8. The highest BCUT2D eigenvalue weighted by molar-refractivity contribution is 9.10. The number of hydrogen-bond acceptors (Lipinski definition) is 3. The van der Waals surface area contributed by atoms with E-state index in [2.05, 4.69) is 21.2 Å². The van der Waals surface area contributed by atoms with Crippen LogP contribution in [0, 0.1) is 0 Å². The maximum Gasteiger partial charge on any atom is 0.407 e. The van der Waals surface area contributed by atoms with E-state index in [0.717, 1.165) is 10.2 Å². The van der Waals surface area contributed by atoms with Crippen LogP contribution in [-0.2, 0) is 9.53 Å². The monoisotopic (exact) mass is 354 g/mol. The third kappa shape index (κ3) is 4.46. The summed E-state index contributed by atoms with van der Waals surface area (Å²) >= 11 is 3.36. The molecule has 0 aromatic heterocycles. The lowest BCUT2D eigenvalue weighted by Gasteiger charge is -2.22. The Balaban J connectivity index is 1.96. The number of amides is 2. The van der Waals surface area contributed by atoms with E-state index < -0.39 is 11.7 Å². The molecule has 1 aliphatic rings. The first-order valence-electron chi connectivity index (χ1n) is 6.80. The molecule has 2 amide bonds. The molecule has 1 heterocycles. The van der Waals surface area contributed by atoms with Gasteiger partial charge in [-0.1, -0.05) is 15.9 Å². The van der Waals surface area contributed by atoms with Gasteiger partial charge in [-0.15, -0.1) is 0 Å². The summed E-state index contributed by atoms with van der Waals surface area (Å²) in [6, 6.07) is 7.29. The standard InChI is InChI=1S/C15H19BrN2O3/c1-15(2,3)21-14(20)17-11-8-13(19)18(9-11)12-6-4-10(16)5-7-12/h4-7,11H,8-9H2,1-3H3,(H,17,20)/t11-/m1/s1. The Hall–Kier alpha value is -1.56. The smallest absolute Gasteiger partial charge is 0.407 e. The van der Waals surface area contributed by atoms with E-state index in [-0.39, 0.29) is 18.4 Å². The lowest BCUT2D eigenvalue weighted by molar-refractivity contribution is -0.117. The van der Waals surface area contributed by atoms with Gasteiger partial charge in [0.2, 0.25) is 5.91 Å². The summed E-state index contributed by atoms with van der Waals surface area (Å²) in [6.45, 7) is 5.88. The Labute approximate surface area is 132 Å². The maximum absolute atomic E-state index is 12.1. The van der Waals surface area contributed by atoms with Crippen molar-refractivity contribution in [1.82, 2.24) is 5.32 Å². The normalized spacial score (nSPS) is 18.8. The fourth-order valence-corrected chi connectivity index (χ4v) is 2.41. The predicted molar refractivity (Wildman–Crippen MR) is 84.3 cm³/mol. The van der Waals surface area contributed by atoms with Gasteiger partial charge in [-0.3, -0.25) is 4.79 Å². The van der Waals surface area contributed by atoms with Gasteiger partial charge in [-0.05, 0) is 45.0 Å². The number of benzene rings is 1. The van der Waals surface area contributed by atoms with Crippen molar-refractivity contribution in [2.24, 2.45) is 0 Å². The fourth-order valence-electron chi connectivity index (χ4n) is 2.15. The van der Waals surface area contributed by atoms with Gasteiger partial charge in [-0.25, -0.2) is 4.79 Å². The summed E-state index contributed by atoms with van der Waals surface area (Å²) in [5.74, 6) is -0.00150. The summed E-state index contributed by atoms with van der Waals surface area (Å²) in [4.78, 5) is 25.5. The molecule has 5 nitrogen and oxygen atoms in total. The third-order valence-electron chi connectivity index (χ3n) is 2.98. The number of nitrogens with one attached hydrogen (secondary N) is 1. The second-order valence-electron chi connectivity index (χ2n) is 6.03. The first-order chi connectivity index (χ1) is 9.74. The summed E-state index contributed by atoms with van der Waals surface area (Å²) in [5, 5.41) is 2.74. The largest absolute Gasteiger partial charge is 0.444 e. The molecule has 6 heteroatoms. The quantitative estimate of drug-likeness (QED) is 0.887. The number of nitrogens with zero attached hydrogens (tertiary/aromatic N) is 1. The number of rotatable bonds is 2. The van der Waals surface area contributed by atoms with Crippen molar-refractivity contribution in [2.75, 3.05) is 11.4 Å². The van der Waals surface area contributed by atoms with E-state index >= 15 is 0 Å². The minimum atomic E-state index is -0.544. The minimum absolute atomic E-state index is 0.00150. The average molecular weight is 355 g/mol. The molecule has 21 heavy (non-hydrogen) atoms. The molecule has 1 aliphatic heterocycles. The molecule has 1 atom stereocenters. The van der Waals surface area contributed by atoms with Crippen LogP contribution >= 0.6 is 15.9 Å². The van der Waals surface area contributed by atoms with Gasteiger partial charge in [0.1, 0.15) is 5.60 Å². The summed E-state index contributed by atoms with van der Waals surface area (Å²) in [5.41, 5.74) is 0.287. The van der Waals surface area contributed by atoms with Crippen LogP contribution in [-0.4, -0.2) is 30.2 Å². The first-order valence-corrected chi connectivity index (χ1v) is 7.59. The molecule has 1 fully saturated rings. The molecule has 1 aromatic rings. The van der Waals surface area contributed by atoms with Crippen LogP contribution < -0.4 is 10.2 Å². The number of alkyl carbamates (subject to hydrolysis) is 1. The number of hydrogen-bond donors (Lipinski definition) is 1. The fraction of sp³-hybridized carbons (Fsp3) is 0.467. The van der Waals surface area contributed by atoms with Crippen LogP contribution in [0.2, 0.25) is 0 Å². The molecule has 0 spiro atoms. The van der Waals surface area contributed by atoms with Gasteiger partial charge in [0.15, 0.2) is 0 Å². The van der Waals surface area contributed by atoms with E-state index in [1.807, 2.05) is 24.3 Å². The highest BCUT2D eigenvalue weighted by Crippen LogP contribution is 2.23. The molecule has 1 aromatic carbocycles. The molecule has 0 bridgehead atoms. The Morgan fingerprint density at radius 2 is 1.95 bits per heavy atom. The zero-order valence-corrected chi connectivity index (χ0v) is 13.9. The topological polar surface area (TPSA) is 58.6 Å². The molecule has 2 rings (SSSR count). The zero-order valence-electron chi connectivity index (χ0n) is 12.4. The number of carbonyl (C=O) groups excluding carboxylic acids is 2. The Bertz CT molecular complexity index is 537. The SMILES string of the molecule is CC(C)(C)OC(=O)N[C@@H]1CC(=O)N(c2ccc(Br)cc2)C1. The van der Waals surface area contributed by atoms with E-state index in [1.54, 1.807) is 25.7 Å². The van der Waals surface area contributed by atoms with Crippen molar-refractivity contribution in [3.8, 4) is 0 Å². The molecular weight excluding hydrogens is 336 g/mol. The molecule has 0 radical (unpaired) electrons. The lowest BCUT2D eigenvalue weighted by Crippen LogP contribution is -2.40. The number of ether oxygens (including phenoxy) is 1. The van der Waals surface area contributed by atoms with Gasteiger partial charge >= 0.3 is 6.09 Å². The van der Waals surface area contributed by atoms with Crippen molar-refractivity contribution < 1.29 is 14.3 Å². The van der Waals surface area contributed by atoms with Crippen molar-refractivity contribution in [2.45, 2.75) is 38.8 Å². The number of halogens is 1. The van der Waals surface area contributed by atoms with Crippen LogP contribution in [0.1, 0.15) is 27.2 Å². The van der Waals surface area contributed by atoms with Crippen molar-refractivity contribution in [3.05, 3.63) is 28.7 Å². The van der Waals surface area contributed by atoms with Gasteiger partial charge in [0.25, 0.3) is 0 Å². The highest BCUT2D eigenvalue weighted by Gasteiger charge is 2.32. The molecule has 114 valence electrons. The summed E-state index contributed by atoms with van der Waals surface area (Å²) < 4.78 is 6.17. The average Bonchev–Trinajstić information content (AvgIpc) is 2.68. The van der Waals surface area contributed by atoms with Crippen molar-refractivity contribution in [3.63, 3.8) is 0 Å². The van der Waals surface area contributed by atoms with Crippen LogP contribution in [0.4, 0.5) is 10.5 Å². The third-order valence-corrected chi connectivity index (χ3v) is 3.51. The van der Waals surface area contributed by atoms with Gasteiger partial charge in [-0.2, -0.15) is 0 Å². The Morgan fingerprint density at radius 1 is 1.33 bits per heavy atom. The van der Waals surface area contributed by atoms with Gasteiger partial charge < -0.3 is 15.0 Å². The lowest BCUT2D eigenvalue weighted by atomic mass is 10.2. The van der Waals surface area contributed by atoms with E-state index in [9.17, 15) is 9.59 Å². The molecular formula is C15H19BrN2O3. The molecule has 0 saturated carbocycles. The van der Waals surface area contributed by atoms with Crippen molar-refractivity contribution >= 4 is 33.6 Å². The van der Waals surface area contributed by atoms with Crippen LogP contribution in [0.5, 0.6) is 0 Å². The second kappa shape index (κ2) is 6.05. The van der Waals surface area contributed by atoms with Gasteiger partial charge in [0.05, 0.1) is 6.04 Å². The minimum Gasteiger partial charge on any atom is -0.444 e. The van der Waals surface area contributed by atoms with E-state index in [0.29, 0.717) is 6.54 Å². The maximum atomic E-state index is 12.1. The molecule has 0 unspecified atom stereocenters. The van der Waals surface area contributed by atoms with E-state index in [1.165, 1.54) is 0 Å². The second-order valence-corrected chi connectivity index (χ2v) is 6.94. The van der Waals surface area contributed by atoms with Crippen LogP contribution in [0.25, 0.3) is 0 Å². The Kier molecular flexibility index (Phi) is 4.56. The molecule has 0 aliphatic carbocycles. The highest BCUT2D eigenvalue weighted by atomic mass is 79.9. The molecule has 1 N–H and O–H groups in total. The van der Waals surface area contributed by atoms with Gasteiger partial charge in [0, 0.05) is 23.1 Å². The summed E-state index contributed by atoms with van der Waals surface area (Å²) in [6.07, 6.45) is -0.201. The van der Waals surface area contributed by atoms with Crippen LogP contribution in [0.15, 0.2) is 28.7 Å². The number of carbonyl (C=O) groups is 2. The Morgan fingerprint density at radius 3 is 2.52 bits per heavy atom. The summed E-state index contributed by atoms with van der Waals surface area (Å²) in [7, 11) is 0. The predicted octanol–water partition coefficient (Wildman–Crippen LogP) is 3.08.